The van der Waals surface area contributed by atoms with Gasteiger partial charge >= 0.3 is 0 Å². The number of carbonyl (C=O) groups excluding carboxylic acids is 1. The van der Waals surface area contributed by atoms with Crippen LogP contribution in [0.5, 0.6) is 0 Å². The monoisotopic (exact) mass is 233 g/mol. The van der Waals surface area contributed by atoms with Crippen molar-refractivity contribution in [2.75, 3.05) is 11.4 Å². The Morgan fingerprint density at radius 1 is 1.53 bits per heavy atom. The standard InChI is InChI=1S/C13H19N3O/c1-9-5-6-12-11(8-9)4-3-7-16(12)10(2)13(17)15-14/h5-6,8,10H,3-4,7,14H2,1-2H3,(H,15,17). The lowest BCUT2D eigenvalue weighted by atomic mass is 9.98. The number of hydrazine groups is 1. The normalized spacial score (nSPS) is 16.3. The molecule has 4 heteroatoms. The van der Waals surface area contributed by atoms with Crippen LogP contribution in [0.4, 0.5) is 5.69 Å². The van der Waals surface area contributed by atoms with Crippen molar-refractivity contribution >= 4 is 11.6 Å². The van der Waals surface area contributed by atoms with E-state index in [1.165, 1.54) is 11.1 Å². The molecule has 2 rings (SSSR count). The molecule has 0 bridgehead atoms. The van der Waals surface area contributed by atoms with E-state index in [1.54, 1.807) is 0 Å². The molecule has 92 valence electrons. The summed E-state index contributed by atoms with van der Waals surface area (Å²) < 4.78 is 0. The van der Waals surface area contributed by atoms with Gasteiger partial charge in [-0.05, 0) is 38.3 Å². The Morgan fingerprint density at radius 2 is 2.29 bits per heavy atom. The van der Waals surface area contributed by atoms with Crippen LogP contribution in [-0.2, 0) is 11.2 Å². The lowest BCUT2D eigenvalue weighted by Crippen LogP contribution is -2.49. The Labute approximate surface area is 102 Å². The molecule has 0 saturated heterocycles. The van der Waals surface area contributed by atoms with Crippen LogP contribution in [0.3, 0.4) is 0 Å². The highest BCUT2D eigenvalue weighted by molar-refractivity contribution is 5.84. The highest BCUT2D eigenvalue weighted by atomic mass is 16.2. The molecular weight excluding hydrogens is 214 g/mol. The zero-order valence-electron chi connectivity index (χ0n) is 10.4. The molecule has 1 atom stereocenters. The second-order valence-corrected chi connectivity index (χ2v) is 4.61. The van der Waals surface area contributed by atoms with Crippen molar-refractivity contribution in [2.24, 2.45) is 5.84 Å². The third-order valence-corrected chi connectivity index (χ3v) is 3.38. The van der Waals surface area contributed by atoms with Gasteiger partial charge in [-0.1, -0.05) is 17.7 Å². The molecule has 1 amide bonds. The van der Waals surface area contributed by atoms with Crippen LogP contribution in [-0.4, -0.2) is 18.5 Å². The predicted molar refractivity (Wildman–Crippen MR) is 68.6 cm³/mol. The third-order valence-electron chi connectivity index (χ3n) is 3.38. The fraction of sp³-hybridized carbons (Fsp3) is 0.462. The van der Waals surface area contributed by atoms with Crippen LogP contribution in [0.2, 0.25) is 0 Å². The predicted octanol–water partition coefficient (Wildman–Crippen LogP) is 1.13. The molecule has 0 saturated carbocycles. The van der Waals surface area contributed by atoms with Gasteiger partial charge in [0.1, 0.15) is 6.04 Å². The molecule has 1 heterocycles. The van der Waals surface area contributed by atoms with Gasteiger partial charge in [0.25, 0.3) is 5.91 Å². The van der Waals surface area contributed by atoms with Crippen molar-refractivity contribution in [1.82, 2.24) is 5.43 Å². The summed E-state index contributed by atoms with van der Waals surface area (Å²) in [4.78, 5) is 13.7. The van der Waals surface area contributed by atoms with Gasteiger partial charge in [-0.25, -0.2) is 5.84 Å². The van der Waals surface area contributed by atoms with Crippen molar-refractivity contribution in [2.45, 2.75) is 32.7 Å². The first-order valence-corrected chi connectivity index (χ1v) is 6.00. The Balaban J connectivity index is 2.31. The third kappa shape index (κ3) is 2.26. The van der Waals surface area contributed by atoms with E-state index in [9.17, 15) is 4.79 Å². The van der Waals surface area contributed by atoms with Gasteiger partial charge in [0.2, 0.25) is 0 Å². The number of carbonyl (C=O) groups is 1. The van der Waals surface area contributed by atoms with E-state index in [-0.39, 0.29) is 11.9 Å². The number of fused-ring (bicyclic) bond motifs is 1. The topological polar surface area (TPSA) is 58.4 Å². The van der Waals surface area contributed by atoms with Crippen molar-refractivity contribution in [3.05, 3.63) is 29.3 Å². The molecule has 1 aliphatic heterocycles. The second-order valence-electron chi connectivity index (χ2n) is 4.61. The van der Waals surface area contributed by atoms with Crippen LogP contribution >= 0.6 is 0 Å². The van der Waals surface area contributed by atoms with Gasteiger partial charge in [-0.3, -0.25) is 10.2 Å². The number of benzene rings is 1. The fourth-order valence-corrected chi connectivity index (χ4v) is 2.42. The van der Waals surface area contributed by atoms with Gasteiger partial charge in [0.15, 0.2) is 0 Å². The van der Waals surface area contributed by atoms with E-state index in [0.29, 0.717) is 0 Å². The van der Waals surface area contributed by atoms with Crippen molar-refractivity contribution in [1.29, 1.82) is 0 Å². The molecule has 1 aromatic carbocycles. The molecule has 1 unspecified atom stereocenters. The van der Waals surface area contributed by atoms with Crippen molar-refractivity contribution in [3.8, 4) is 0 Å². The molecule has 0 aliphatic carbocycles. The van der Waals surface area contributed by atoms with Gasteiger partial charge in [-0.2, -0.15) is 0 Å². The molecule has 0 spiro atoms. The summed E-state index contributed by atoms with van der Waals surface area (Å²) in [5.74, 6) is 5.06. The first-order valence-electron chi connectivity index (χ1n) is 6.00. The fourth-order valence-electron chi connectivity index (χ4n) is 2.42. The smallest absolute Gasteiger partial charge is 0.256 e. The van der Waals surface area contributed by atoms with Crippen LogP contribution < -0.4 is 16.2 Å². The molecule has 1 aliphatic rings. The van der Waals surface area contributed by atoms with Crippen LogP contribution in [0.1, 0.15) is 24.5 Å². The minimum absolute atomic E-state index is 0.140. The Morgan fingerprint density at radius 3 is 3.00 bits per heavy atom. The molecule has 3 N–H and O–H groups in total. The second kappa shape index (κ2) is 4.75. The molecule has 4 nitrogen and oxygen atoms in total. The first-order chi connectivity index (χ1) is 8.13. The summed E-state index contributed by atoms with van der Waals surface area (Å²) in [5, 5.41) is 0. The molecule has 17 heavy (non-hydrogen) atoms. The molecule has 0 aromatic heterocycles. The van der Waals surface area contributed by atoms with Gasteiger partial charge in [-0.15, -0.1) is 0 Å². The molecule has 1 aromatic rings. The minimum atomic E-state index is -0.221. The highest BCUT2D eigenvalue weighted by Crippen LogP contribution is 2.29. The van der Waals surface area contributed by atoms with E-state index in [1.807, 2.05) is 6.92 Å². The maximum absolute atomic E-state index is 11.6. The molecule has 0 fully saturated rings. The maximum Gasteiger partial charge on any atom is 0.256 e. The van der Waals surface area contributed by atoms with E-state index in [4.69, 9.17) is 5.84 Å². The van der Waals surface area contributed by atoms with E-state index in [2.05, 4.69) is 35.4 Å². The van der Waals surface area contributed by atoms with Crippen LogP contribution in [0, 0.1) is 6.92 Å². The lowest BCUT2D eigenvalue weighted by molar-refractivity contribution is -0.122. The number of nitrogens with zero attached hydrogens (tertiary/aromatic N) is 1. The summed E-state index contributed by atoms with van der Waals surface area (Å²) in [6.45, 7) is 4.89. The van der Waals surface area contributed by atoms with E-state index >= 15 is 0 Å². The van der Waals surface area contributed by atoms with Gasteiger partial charge in [0.05, 0.1) is 0 Å². The largest absolute Gasteiger partial charge is 0.359 e. The average molecular weight is 233 g/mol. The van der Waals surface area contributed by atoms with E-state index in [0.717, 1.165) is 25.1 Å². The SMILES string of the molecule is Cc1ccc2c(c1)CCCN2C(C)C(=O)NN. The quantitative estimate of drug-likeness (QED) is 0.457. The summed E-state index contributed by atoms with van der Waals surface area (Å²) in [7, 11) is 0. The highest BCUT2D eigenvalue weighted by Gasteiger charge is 2.25. The minimum Gasteiger partial charge on any atom is -0.359 e. The van der Waals surface area contributed by atoms with Crippen molar-refractivity contribution in [3.63, 3.8) is 0 Å². The first kappa shape index (κ1) is 11.9. The van der Waals surface area contributed by atoms with E-state index < -0.39 is 0 Å². The summed E-state index contributed by atoms with van der Waals surface area (Å²) in [6.07, 6.45) is 2.17. The average Bonchev–Trinajstić information content (AvgIpc) is 2.35. The summed E-state index contributed by atoms with van der Waals surface area (Å²) in [5.41, 5.74) is 5.98. The van der Waals surface area contributed by atoms with Gasteiger partial charge in [0, 0.05) is 12.2 Å². The van der Waals surface area contributed by atoms with Gasteiger partial charge < -0.3 is 4.90 Å². The maximum atomic E-state index is 11.6. The number of nitrogens with two attached hydrogens (primary N) is 1. The number of anilines is 1. The lowest BCUT2D eigenvalue weighted by Gasteiger charge is -2.35. The number of amides is 1. The number of aryl methyl sites for hydroxylation is 2. The Hall–Kier alpha value is -1.55. The number of nitrogens with one attached hydrogen (secondary N) is 1. The summed E-state index contributed by atoms with van der Waals surface area (Å²) in [6, 6.07) is 6.17. The molecule has 0 radical (unpaired) electrons. The Kier molecular flexibility index (Phi) is 3.33. The molecular formula is C13H19N3O. The number of hydrogen-bond acceptors (Lipinski definition) is 3. The zero-order chi connectivity index (χ0) is 12.4. The zero-order valence-corrected chi connectivity index (χ0v) is 10.4. The van der Waals surface area contributed by atoms with Crippen molar-refractivity contribution < 1.29 is 4.79 Å². The van der Waals surface area contributed by atoms with Crippen LogP contribution in [0.15, 0.2) is 18.2 Å². The number of hydrogen-bond donors (Lipinski definition) is 2. The summed E-state index contributed by atoms with van der Waals surface area (Å²) >= 11 is 0. The number of rotatable bonds is 2. The Bertz CT molecular complexity index is 431. The van der Waals surface area contributed by atoms with Crippen LogP contribution in [0.25, 0.3) is 0 Å².